The van der Waals surface area contributed by atoms with Crippen LogP contribution >= 0.6 is 0 Å². The van der Waals surface area contributed by atoms with Crippen molar-refractivity contribution < 1.29 is 4.79 Å². The first-order valence-electron chi connectivity index (χ1n) is 7.66. The summed E-state index contributed by atoms with van der Waals surface area (Å²) in [5.74, 6) is 0.0965. The van der Waals surface area contributed by atoms with Gasteiger partial charge in [-0.25, -0.2) is 0 Å². The summed E-state index contributed by atoms with van der Waals surface area (Å²) in [6.07, 6.45) is 0. The average molecular weight is 290 g/mol. The average Bonchev–Trinajstić information content (AvgIpc) is 2.54. The van der Waals surface area contributed by atoms with Crippen LogP contribution in [0.25, 0.3) is 0 Å². The van der Waals surface area contributed by atoms with Gasteiger partial charge in [0.05, 0.1) is 6.54 Å². The number of amides is 1. The van der Waals surface area contributed by atoms with E-state index in [4.69, 9.17) is 5.73 Å². The molecule has 0 bridgehead atoms. The maximum atomic E-state index is 12.0. The van der Waals surface area contributed by atoms with Crippen molar-refractivity contribution >= 4 is 5.91 Å². The first-order chi connectivity index (χ1) is 10.2. The molecule has 3 N–H and O–H groups in total. The van der Waals surface area contributed by atoms with Crippen LogP contribution in [0.15, 0.2) is 30.3 Å². The van der Waals surface area contributed by atoms with E-state index in [1.807, 2.05) is 30.3 Å². The lowest BCUT2D eigenvalue weighted by Crippen LogP contribution is -2.53. The summed E-state index contributed by atoms with van der Waals surface area (Å²) < 4.78 is 0. The molecule has 1 heterocycles. The fraction of sp³-hybridized carbons (Fsp3) is 0.562. The second-order valence-electron chi connectivity index (χ2n) is 5.66. The van der Waals surface area contributed by atoms with Crippen LogP contribution in [0.3, 0.4) is 0 Å². The van der Waals surface area contributed by atoms with Crippen molar-refractivity contribution in [3.8, 4) is 0 Å². The van der Waals surface area contributed by atoms with Crippen molar-refractivity contribution in [2.24, 2.45) is 5.73 Å². The molecule has 1 fully saturated rings. The van der Waals surface area contributed by atoms with Crippen LogP contribution < -0.4 is 11.1 Å². The van der Waals surface area contributed by atoms with Gasteiger partial charge in [-0.2, -0.15) is 0 Å². The Hall–Kier alpha value is -1.43. The van der Waals surface area contributed by atoms with Gasteiger partial charge in [0.15, 0.2) is 0 Å². The van der Waals surface area contributed by atoms with Crippen molar-refractivity contribution in [3.05, 3.63) is 35.9 Å². The van der Waals surface area contributed by atoms with Gasteiger partial charge in [-0.1, -0.05) is 30.3 Å². The van der Waals surface area contributed by atoms with Crippen molar-refractivity contribution in [1.82, 2.24) is 15.1 Å². The molecule has 0 aromatic heterocycles. The molecular formula is C16H26N4O. The lowest BCUT2D eigenvalue weighted by Gasteiger charge is -2.37. The molecule has 2 rings (SSSR count). The third kappa shape index (κ3) is 5.12. The highest BCUT2D eigenvalue weighted by molar-refractivity contribution is 5.78. The Kier molecular flexibility index (Phi) is 6.17. The van der Waals surface area contributed by atoms with Crippen LogP contribution in [0.4, 0.5) is 0 Å². The Balaban J connectivity index is 1.67. The van der Waals surface area contributed by atoms with Crippen LogP contribution in [-0.4, -0.2) is 61.0 Å². The molecule has 0 radical (unpaired) electrons. The summed E-state index contributed by atoms with van der Waals surface area (Å²) in [5, 5.41) is 2.98. The molecule has 21 heavy (non-hydrogen) atoms. The molecule has 1 unspecified atom stereocenters. The SMILES string of the molecule is CC(CN)N1CCN(CC(=O)NCc2ccccc2)CC1. The maximum Gasteiger partial charge on any atom is 0.234 e. The third-order valence-electron chi connectivity index (χ3n) is 4.07. The fourth-order valence-corrected chi connectivity index (χ4v) is 2.57. The van der Waals surface area contributed by atoms with Gasteiger partial charge in [-0.15, -0.1) is 0 Å². The Labute approximate surface area is 127 Å². The van der Waals surface area contributed by atoms with Crippen LogP contribution in [0.2, 0.25) is 0 Å². The number of rotatable bonds is 6. The molecule has 1 saturated heterocycles. The van der Waals surface area contributed by atoms with Crippen molar-refractivity contribution in [3.63, 3.8) is 0 Å². The standard InChI is InChI=1S/C16H26N4O/c1-14(11-17)20-9-7-19(8-10-20)13-16(21)18-12-15-5-3-2-4-6-15/h2-6,14H,7-13,17H2,1H3,(H,18,21). The van der Waals surface area contributed by atoms with Gasteiger partial charge in [0.2, 0.25) is 5.91 Å². The highest BCUT2D eigenvalue weighted by Crippen LogP contribution is 2.05. The van der Waals surface area contributed by atoms with E-state index in [-0.39, 0.29) is 5.91 Å². The topological polar surface area (TPSA) is 61.6 Å². The van der Waals surface area contributed by atoms with E-state index in [9.17, 15) is 4.79 Å². The van der Waals surface area contributed by atoms with Gasteiger partial charge in [-0.3, -0.25) is 14.6 Å². The minimum atomic E-state index is 0.0965. The molecule has 1 aliphatic heterocycles. The summed E-state index contributed by atoms with van der Waals surface area (Å²) >= 11 is 0. The summed E-state index contributed by atoms with van der Waals surface area (Å²) in [6, 6.07) is 10.4. The van der Waals surface area contributed by atoms with Gasteiger partial charge in [-0.05, 0) is 12.5 Å². The van der Waals surface area contributed by atoms with E-state index < -0.39 is 0 Å². The van der Waals surface area contributed by atoms with Gasteiger partial charge in [0.25, 0.3) is 0 Å². The summed E-state index contributed by atoms with van der Waals surface area (Å²) in [6.45, 7) is 7.78. The van der Waals surface area contributed by atoms with Gasteiger partial charge >= 0.3 is 0 Å². The zero-order valence-corrected chi connectivity index (χ0v) is 12.8. The van der Waals surface area contributed by atoms with Crippen LogP contribution in [0.5, 0.6) is 0 Å². The van der Waals surface area contributed by atoms with Crippen LogP contribution in [0, 0.1) is 0 Å². The highest BCUT2D eigenvalue weighted by atomic mass is 16.2. The minimum Gasteiger partial charge on any atom is -0.351 e. The number of nitrogens with zero attached hydrogens (tertiary/aromatic N) is 2. The third-order valence-corrected chi connectivity index (χ3v) is 4.07. The monoisotopic (exact) mass is 290 g/mol. The van der Waals surface area contributed by atoms with E-state index in [1.54, 1.807) is 0 Å². The number of nitrogens with one attached hydrogen (secondary N) is 1. The lowest BCUT2D eigenvalue weighted by atomic mass is 10.2. The maximum absolute atomic E-state index is 12.0. The van der Waals surface area contributed by atoms with Crippen LogP contribution in [0.1, 0.15) is 12.5 Å². The highest BCUT2D eigenvalue weighted by Gasteiger charge is 2.21. The van der Waals surface area contributed by atoms with Crippen LogP contribution in [-0.2, 0) is 11.3 Å². The van der Waals surface area contributed by atoms with Gasteiger partial charge < -0.3 is 11.1 Å². The fourth-order valence-electron chi connectivity index (χ4n) is 2.57. The number of hydrogen-bond donors (Lipinski definition) is 2. The Morgan fingerprint density at radius 3 is 2.52 bits per heavy atom. The van der Waals surface area contributed by atoms with E-state index in [0.29, 0.717) is 25.7 Å². The minimum absolute atomic E-state index is 0.0965. The van der Waals surface area contributed by atoms with E-state index in [0.717, 1.165) is 31.7 Å². The molecule has 116 valence electrons. The molecule has 1 aromatic carbocycles. The smallest absolute Gasteiger partial charge is 0.234 e. The number of carbonyl (C=O) groups is 1. The Morgan fingerprint density at radius 2 is 1.90 bits per heavy atom. The van der Waals surface area contributed by atoms with E-state index in [2.05, 4.69) is 22.0 Å². The Bertz CT molecular complexity index is 429. The predicted octanol–water partition coefficient (Wildman–Crippen LogP) is 0.268. The molecule has 0 saturated carbocycles. The van der Waals surface area contributed by atoms with Gasteiger partial charge in [0, 0.05) is 45.3 Å². The second-order valence-corrected chi connectivity index (χ2v) is 5.66. The number of piperazine rings is 1. The molecule has 1 amide bonds. The molecule has 5 nitrogen and oxygen atoms in total. The molecule has 1 aromatic rings. The lowest BCUT2D eigenvalue weighted by molar-refractivity contribution is -0.122. The molecule has 1 atom stereocenters. The van der Waals surface area contributed by atoms with Gasteiger partial charge in [0.1, 0.15) is 0 Å². The quantitative estimate of drug-likeness (QED) is 0.789. The molecule has 1 aliphatic rings. The van der Waals surface area contributed by atoms with Crippen molar-refractivity contribution in [1.29, 1.82) is 0 Å². The first-order valence-corrected chi connectivity index (χ1v) is 7.66. The zero-order chi connectivity index (χ0) is 15.1. The normalized spacial score (nSPS) is 18.4. The zero-order valence-electron chi connectivity index (χ0n) is 12.8. The number of nitrogens with two attached hydrogens (primary N) is 1. The number of benzene rings is 1. The summed E-state index contributed by atoms with van der Waals surface area (Å²) in [5.41, 5.74) is 6.83. The number of carbonyl (C=O) groups excluding carboxylic acids is 1. The largest absolute Gasteiger partial charge is 0.351 e. The summed E-state index contributed by atoms with van der Waals surface area (Å²) in [4.78, 5) is 16.6. The van der Waals surface area contributed by atoms with E-state index >= 15 is 0 Å². The van der Waals surface area contributed by atoms with Crippen molar-refractivity contribution in [2.45, 2.75) is 19.5 Å². The molecule has 0 spiro atoms. The number of hydrogen-bond acceptors (Lipinski definition) is 4. The molecule has 5 heteroatoms. The van der Waals surface area contributed by atoms with E-state index in [1.165, 1.54) is 0 Å². The molecular weight excluding hydrogens is 264 g/mol. The summed E-state index contributed by atoms with van der Waals surface area (Å²) in [7, 11) is 0. The predicted molar refractivity (Wildman–Crippen MR) is 84.8 cm³/mol. The Morgan fingerprint density at radius 1 is 1.24 bits per heavy atom. The second kappa shape index (κ2) is 8.12. The first kappa shape index (κ1) is 15.9. The molecule has 0 aliphatic carbocycles. The van der Waals surface area contributed by atoms with Crippen molar-refractivity contribution in [2.75, 3.05) is 39.3 Å².